The van der Waals surface area contributed by atoms with Crippen molar-refractivity contribution < 1.29 is 64.1 Å². The van der Waals surface area contributed by atoms with Gasteiger partial charge in [0.15, 0.2) is 17.0 Å². The van der Waals surface area contributed by atoms with Crippen molar-refractivity contribution >= 4 is 52.3 Å². The van der Waals surface area contributed by atoms with E-state index >= 15 is 0 Å². The number of amides is 2. The number of aromatic nitrogens is 4. The maximum Gasteiger partial charge on any atom is 0.671 e. The number of fused-ring (bicyclic) bond motifs is 1. The number of hydrogen-bond donors (Lipinski definition) is 0. The quantitative estimate of drug-likeness (QED) is 0.394. The number of imide groups is 1. The molecule has 12 rings (SSSR count). The van der Waals surface area contributed by atoms with E-state index in [-0.39, 0.29) is 22.1 Å². The zero-order valence-electron chi connectivity index (χ0n) is 13.8. The molecule has 10 aliphatic rings. The third-order valence-corrected chi connectivity index (χ3v) is 8.43. The van der Waals surface area contributed by atoms with E-state index in [4.69, 9.17) is 40.8 Å². The fraction of sp³-hybridized carbons (Fsp3) is 0.222. The van der Waals surface area contributed by atoms with Crippen LogP contribution in [0, 0.1) is 0 Å². The summed E-state index contributed by atoms with van der Waals surface area (Å²) in [5.74, 6) is -8.45. The van der Waals surface area contributed by atoms with E-state index in [0.29, 0.717) is 0 Å². The van der Waals surface area contributed by atoms with Crippen LogP contribution in [0.1, 0.15) is 0 Å². The molecule has 6 saturated heterocycles. The third-order valence-electron chi connectivity index (χ3n) is 4.51. The van der Waals surface area contributed by atoms with Gasteiger partial charge in [-0.05, 0) is 0 Å². The zero-order valence-corrected chi connectivity index (χ0v) is 16.5. The number of anilines is 1. The molecule has 0 saturated carbocycles. The van der Waals surface area contributed by atoms with Crippen molar-refractivity contribution in [2.45, 2.75) is 11.9 Å². The van der Waals surface area contributed by atoms with Gasteiger partial charge in [0.25, 0.3) is 0 Å². The molecule has 2 aromatic rings. The molecular weight excluding hydrogens is 495 g/mol. The van der Waals surface area contributed by atoms with Crippen LogP contribution in [0.25, 0.3) is 11.2 Å². The van der Waals surface area contributed by atoms with Crippen molar-refractivity contribution in [3.8, 4) is 12.0 Å². The Morgan fingerprint density at radius 3 is 1.94 bits per heavy atom. The van der Waals surface area contributed by atoms with E-state index in [9.17, 15) is 23.3 Å². The van der Waals surface area contributed by atoms with E-state index in [0.717, 1.165) is 4.73 Å². The Hall–Kier alpha value is -2.46. The molecule has 2 amide bonds. The molecule has 0 N–H and O–H groups in total. The van der Waals surface area contributed by atoms with Crippen LogP contribution in [-0.4, -0.2) is 43.4 Å². The summed E-state index contributed by atoms with van der Waals surface area (Å²) >= 11 is 0. The van der Waals surface area contributed by atoms with Crippen molar-refractivity contribution in [1.29, 1.82) is 0 Å². The average Bonchev–Trinajstić information content (AvgIpc) is 3.07. The van der Waals surface area contributed by atoms with E-state index in [1.165, 1.54) is 0 Å². The first-order valence-electron chi connectivity index (χ1n) is 7.87. The monoisotopic (exact) mass is 495 g/mol. The summed E-state index contributed by atoms with van der Waals surface area (Å²) in [5.41, 5.74) is -0.481. The van der Waals surface area contributed by atoms with Crippen LogP contribution in [0.3, 0.4) is 0 Å². The van der Waals surface area contributed by atoms with Gasteiger partial charge in [-0.25, -0.2) is 41.2 Å². The first kappa shape index (κ1) is 17.1. The van der Waals surface area contributed by atoms with Gasteiger partial charge in [0.1, 0.15) is 0 Å². The van der Waals surface area contributed by atoms with Gasteiger partial charge >= 0.3 is 59.2 Å². The Morgan fingerprint density at radius 1 is 0.806 bits per heavy atom. The molecule has 0 radical (unpaired) electrons. The van der Waals surface area contributed by atoms with Crippen LogP contribution in [0.2, 0.25) is 0 Å². The highest BCUT2D eigenvalue weighted by Gasteiger charge is 2.84. The summed E-state index contributed by atoms with van der Waals surface area (Å²) in [6, 6.07) is -1.02. The molecule has 0 spiro atoms. The van der Waals surface area contributed by atoms with Crippen molar-refractivity contribution in [3.63, 3.8) is 0 Å². The number of nitrogens with zero attached hydrogens (tertiary/aromatic N) is 5. The van der Waals surface area contributed by atoms with E-state index < -0.39 is 59.1 Å². The standard InChI is InChI=1S/C9N5O14P3/c15-4(8-22-30(18,23-8)24-8)13(5(16)9-25-31(19,26-9)27-9)3-1-2-10-6(12-3)20-29(17)21-7(11-2)14(1)28-29. The predicted molar refractivity (Wildman–Crippen MR) is 80.4 cm³/mol. The second-order valence-corrected chi connectivity index (χ2v) is 10.7. The van der Waals surface area contributed by atoms with Gasteiger partial charge in [-0.3, -0.25) is 14.2 Å². The maximum absolute atomic E-state index is 13.1. The first-order valence-corrected chi connectivity index (χ1v) is 12.3. The highest BCUT2D eigenvalue weighted by Crippen LogP contribution is 2.82. The van der Waals surface area contributed by atoms with Crippen molar-refractivity contribution in [2.24, 2.45) is 0 Å². The van der Waals surface area contributed by atoms with Crippen molar-refractivity contribution in [2.75, 3.05) is 4.90 Å². The molecule has 10 aliphatic heterocycles. The molecular formula is C9N5O14P3. The number of carbonyl (C=O) groups excluding carboxylic acids is 2. The number of phosphoric acid groups is 3. The summed E-state index contributed by atoms with van der Waals surface area (Å²) < 4.78 is 79.8. The highest BCUT2D eigenvalue weighted by atomic mass is 31.2. The lowest BCUT2D eigenvalue weighted by atomic mass is 10.3. The number of hydrogen-bond acceptors (Lipinski definition) is 17. The van der Waals surface area contributed by atoms with Gasteiger partial charge in [-0.15, -0.1) is 4.73 Å². The van der Waals surface area contributed by atoms with Crippen molar-refractivity contribution in [3.05, 3.63) is 0 Å². The Morgan fingerprint density at radius 2 is 1.39 bits per heavy atom. The van der Waals surface area contributed by atoms with E-state index in [1.807, 2.05) is 0 Å². The van der Waals surface area contributed by atoms with Gasteiger partial charge in [-0.2, -0.15) is 19.5 Å². The number of carbonyl (C=O) groups is 2. The molecule has 31 heavy (non-hydrogen) atoms. The van der Waals surface area contributed by atoms with Crippen LogP contribution < -0.4 is 18.6 Å². The minimum atomic E-state index is -4.20. The fourth-order valence-corrected chi connectivity index (χ4v) is 6.67. The molecule has 2 aromatic heterocycles. The Labute approximate surface area is 165 Å². The summed E-state index contributed by atoms with van der Waals surface area (Å²) in [4.78, 5) is 38.1. The lowest BCUT2D eigenvalue weighted by Gasteiger charge is -2.56. The normalized spacial score (nSPS) is 43.5. The summed E-state index contributed by atoms with van der Waals surface area (Å²) in [5, 5.41) is 0. The van der Waals surface area contributed by atoms with Crippen LogP contribution in [0.15, 0.2) is 0 Å². The lowest BCUT2D eigenvalue weighted by molar-refractivity contribution is -0.402. The predicted octanol–water partition coefficient (Wildman–Crippen LogP) is -0.315. The molecule has 22 heteroatoms. The molecule has 160 valence electrons. The number of rotatable bonds is 3. The third kappa shape index (κ3) is 1.78. The highest BCUT2D eigenvalue weighted by molar-refractivity contribution is 7.52. The van der Waals surface area contributed by atoms with E-state index in [2.05, 4.69) is 15.0 Å². The van der Waals surface area contributed by atoms with Gasteiger partial charge in [-0.1, -0.05) is 0 Å². The minimum Gasteiger partial charge on any atom is -0.348 e. The summed E-state index contributed by atoms with van der Waals surface area (Å²) in [7, 11) is -11.9. The van der Waals surface area contributed by atoms with Crippen LogP contribution in [0.5, 0.6) is 12.0 Å². The van der Waals surface area contributed by atoms with Gasteiger partial charge < -0.3 is 9.05 Å². The first-order chi connectivity index (χ1) is 14.5. The molecule has 12 heterocycles. The lowest BCUT2D eigenvalue weighted by Crippen LogP contribution is -2.73. The van der Waals surface area contributed by atoms with Gasteiger partial charge in [0.2, 0.25) is 0 Å². The largest absolute Gasteiger partial charge is 0.671 e. The molecule has 6 fully saturated rings. The Kier molecular flexibility index (Phi) is 2.42. The minimum absolute atomic E-state index is 0.201. The topological polar surface area (TPSA) is 215 Å². The summed E-state index contributed by atoms with van der Waals surface area (Å²) in [6.07, 6.45) is 0. The van der Waals surface area contributed by atoms with Crippen LogP contribution >= 0.6 is 23.5 Å². The fourth-order valence-electron chi connectivity index (χ4n) is 3.30. The number of phosphoric ester groups is 3. The summed E-state index contributed by atoms with van der Waals surface area (Å²) in [6.45, 7) is 0. The van der Waals surface area contributed by atoms with Crippen LogP contribution in [-0.2, 0) is 50.4 Å². The average molecular weight is 495 g/mol. The molecule has 0 aliphatic carbocycles. The number of imidazole rings is 1. The maximum atomic E-state index is 13.1. The molecule has 1 atom stereocenters. The molecule has 19 nitrogen and oxygen atoms in total. The molecule has 1 unspecified atom stereocenters. The molecule has 0 aromatic carbocycles. The SMILES string of the molecule is O=C(N(C(=O)C12OP(=O)(O1)O2)c1nc2nc3nc4n(c13)OP(=O)(O2)O4)C12OP(=O)(O1)O2. The van der Waals surface area contributed by atoms with E-state index in [1.54, 1.807) is 0 Å². The zero-order chi connectivity index (χ0) is 21.2. The Balaban J connectivity index is 1.33. The molecule has 10 bridgehead atoms. The van der Waals surface area contributed by atoms with Gasteiger partial charge in [0.05, 0.1) is 0 Å². The van der Waals surface area contributed by atoms with Crippen molar-refractivity contribution in [1.82, 2.24) is 19.7 Å². The second-order valence-electron chi connectivity index (χ2n) is 6.40. The Bertz CT molecular complexity index is 1390. The smallest absolute Gasteiger partial charge is 0.348 e. The van der Waals surface area contributed by atoms with Crippen LogP contribution in [0.4, 0.5) is 5.82 Å². The second kappa shape index (κ2) is 4.38. The van der Waals surface area contributed by atoms with Gasteiger partial charge in [0, 0.05) is 0 Å².